The molecule has 1 unspecified atom stereocenters. The number of nitrogens with zero attached hydrogens (tertiary/aromatic N) is 3. The van der Waals surface area contributed by atoms with Crippen LogP contribution in [0.5, 0.6) is 0 Å². The molecule has 0 fully saturated rings. The van der Waals surface area contributed by atoms with Crippen molar-refractivity contribution in [3.63, 3.8) is 0 Å². The summed E-state index contributed by atoms with van der Waals surface area (Å²) in [5.41, 5.74) is 1.25. The Bertz CT molecular complexity index is 1090. The lowest BCUT2D eigenvalue weighted by Crippen LogP contribution is -2.42. The van der Waals surface area contributed by atoms with Crippen LogP contribution in [0.1, 0.15) is 17.3 Å². The molecule has 1 atom stereocenters. The Morgan fingerprint density at radius 3 is 2.37 bits per heavy atom. The van der Waals surface area contributed by atoms with Crippen LogP contribution in [0.25, 0.3) is 0 Å². The van der Waals surface area contributed by atoms with Gasteiger partial charge in [-0.3, -0.25) is 10.1 Å². The number of hydrogen-bond acceptors (Lipinski definition) is 4. The Labute approximate surface area is 156 Å². The van der Waals surface area contributed by atoms with Crippen LogP contribution in [0.4, 0.5) is 5.69 Å². The first-order valence-electron chi connectivity index (χ1n) is 8.45. The molecule has 1 aliphatic rings. The van der Waals surface area contributed by atoms with E-state index in [-0.39, 0.29) is 11.4 Å². The van der Waals surface area contributed by atoms with Crippen molar-refractivity contribution in [1.82, 2.24) is 8.87 Å². The van der Waals surface area contributed by atoms with E-state index in [4.69, 9.17) is 0 Å². The van der Waals surface area contributed by atoms with Gasteiger partial charge in [-0.25, -0.2) is 8.42 Å². The van der Waals surface area contributed by atoms with E-state index in [0.29, 0.717) is 6.54 Å². The highest BCUT2D eigenvalue weighted by Gasteiger charge is 2.40. The highest BCUT2D eigenvalue weighted by molar-refractivity contribution is 7.89. The lowest BCUT2D eigenvalue weighted by atomic mass is 10.0. The van der Waals surface area contributed by atoms with Gasteiger partial charge in [-0.1, -0.05) is 42.5 Å². The predicted molar refractivity (Wildman–Crippen MR) is 99.7 cm³/mol. The van der Waals surface area contributed by atoms with Crippen LogP contribution in [0.3, 0.4) is 0 Å². The molecule has 4 rings (SSSR count). The Hall–Kier alpha value is -2.97. The standard InChI is InChI=1S/C19H17N3O4S/c23-22(24)16-9-4-5-11-18(16)27(25,26)21-14-13-20-12-6-10-17(20)19(21)15-7-2-1-3-8-15/h1-12,19H,13-14H2. The zero-order chi connectivity index (χ0) is 19.0. The Morgan fingerprint density at radius 2 is 1.63 bits per heavy atom. The van der Waals surface area contributed by atoms with Gasteiger partial charge < -0.3 is 4.57 Å². The maximum absolute atomic E-state index is 13.4. The second-order valence-corrected chi connectivity index (χ2v) is 8.14. The molecule has 1 aliphatic heterocycles. The fourth-order valence-electron chi connectivity index (χ4n) is 3.55. The fraction of sp³-hybridized carbons (Fsp3) is 0.158. The van der Waals surface area contributed by atoms with E-state index in [1.807, 2.05) is 53.2 Å². The van der Waals surface area contributed by atoms with Gasteiger partial charge >= 0.3 is 0 Å². The number of sulfonamides is 1. The molecule has 0 spiro atoms. The van der Waals surface area contributed by atoms with Crippen LogP contribution in [0.15, 0.2) is 77.8 Å². The van der Waals surface area contributed by atoms with Crippen molar-refractivity contribution >= 4 is 15.7 Å². The smallest absolute Gasteiger partial charge is 0.289 e. The molecule has 2 aromatic carbocycles. The van der Waals surface area contributed by atoms with Crippen LogP contribution in [0.2, 0.25) is 0 Å². The number of nitro benzene ring substituents is 1. The Morgan fingerprint density at radius 1 is 0.926 bits per heavy atom. The second-order valence-electron chi connectivity index (χ2n) is 6.28. The van der Waals surface area contributed by atoms with Crippen LogP contribution in [0, 0.1) is 10.1 Å². The van der Waals surface area contributed by atoms with Crippen molar-refractivity contribution in [2.24, 2.45) is 0 Å². The first-order chi connectivity index (χ1) is 13.0. The van der Waals surface area contributed by atoms with Crippen molar-refractivity contribution in [2.45, 2.75) is 17.5 Å². The molecule has 0 saturated heterocycles. The summed E-state index contributed by atoms with van der Waals surface area (Å²) in [6.07, 6.45) is 1.92. The summed E-state index contributed by atoms with van der Waals surface area (Å²) in [4.78, 5) is 10.4. The van der Waals surface area contributed by atoms with E-state index in [0.717, 1.165) is 11.3 Å². The molecule has 27 heavy (non-hydrogen) atoms. The highest BCUT2D eigenvalue weighted by Crippen LogP contribution is 2.38. The lowest BCUT2D eigenvalue weighted by Gasteiger charge is -2.36. The van der Waals surface area contributed by atoms with E-state index < -0.39 is 26.7 Å². The fourth-order valence-corrected chi connectivity index (χ4v) is 5.29. The van der Waals surface area contributed by atoms with Crippen LogP contribution in [-0.4, -0.2) is 28.8 Å². The number of aromatic nitrogens is 1. The molecule has 3 aromatic rings. The number of benzene rings is 2. The predicted octanol–water partition coefficient (Wildman–Crippen LogP) is 3.19. The van der Waals surface area contributed by atoms with Gasteiger partial charge in [0.25, 0.3) is 15.7 Å². The summed E-state index contributed by atoms with van der Waals surface area (Å²) >= 11 is 0. The third-order valence-corrected chi connectivity index (χ3v) is 6.67. The summed E-state index contributed by atoms with van der Waals surface area (Å²) in [5.74, 6) is 0. The van der Waals surface area contributed by atoms with Gasteiger partial charge in [-0.05, 0) is 23.8 Å². The van der Waals surface area contributed by atoms with Crippen molar-refractivity contribution < 1.29 is 13.3 Å². The first-order valence-corrected chi connectivity index (χ1v) is 9.89. The van der Waals surface area contributed by atoms with Crippen LogP contribution in [-0.2, 0) is 16.6 Å². The summed E-state index contributed by atoms with van der Waals surface area (Å²) in [6, 6.07) is 18.0. The molecule has 0 amide bonds. The van der Waals surface area contributed by atoms with E-state index in [1.54, 1.807) is 0 Å². The third-order valence-electron chi connectivity index (χ3n) is 4.76. The topological polar surface area (TPSA) is 85.4 Å². The van der Waals surface area contributed by atoms with E-state index in [9.17, 15) is 18.5 Å². The minimum absolute atomic E-state index is 0.232. The minimum Gasteiger partial charge on any atom is -0.348 e. The van der Waals surface area contributed by atoms with Crippen LogP contribution < -0.4 is 0 Å². The van der Waals surface area contributed by atoms with Gasteiger partial charge in [-0.2, -0.15) is 4.31 Å². The molecule has 0 bridgehead atoms. The molecular formula is C19H17N3O4S. The molecule has 0 saturated carbocycles. The lowest BCUT2D eigenvalue weighted by molar-refractivity contribution is -0.387. The average Bonchev–Trinajstić information content (AvgIpc) is 3.16. The summed E-state index contributed by atoms with van der Waals surface area (Å²) in [5, 5.41) is 11.4. The molecule has 1 aromatic heterocycles. The highest BCUT2D eigenvalue weighted by atomic mass is 32.2. The van der Waals surface area contributed by atoms with Crippen molar-refractivity contribution in [3.05, 3.63) is 94.3 Å². The van der Waals surface area contributed by atoms with Gasteiger partial charge in [0, 0.05) is 31.0 Å². The second kappa shape index (κ2) is 6.64. The number of fused-ring (bicyclic) bond motifs is 1. The molecule has 0 radical (unpaired) electrons. The Kier molecular flexibility index (Phi) is 4.29. The SMILES string of the molecule is O=[N+]([O-])c1ccccc1S(=O)(=O)N1CCn2cccc2C1c1ccccc1. The van der Waals surface area contributed by atoms with Gasteiger partial charge in [0.2, 0.25) is 0 Å². The first kappa shape index (κ1) is 17.4. The zero-order valence-corrected chi connectivity index (χ0v) is 15.1. The van der Waals surface area contributed by atoms with Crippen molar-refractivity contribution in [1.29, 1.82) is 0 Å². The quantitative estimate of drug-likeness (QED) is 0.511. The Balaban J connectivity index is 1.88. The largest absolute Gasteiger partial charge is 0.348 e. The maximum Gasteiger partial charge on any atom is 0.289 e. The average molecular weight is 383 g/mol. The third kappa shape index (κ3) is 2.92. The number of para-hydroxylation sites is 1. The minimum atomic E-state index is -4.08. The molecule has 0 N–H and O–H groups in total. The van der Waals surface area contributed by atoms with E-state index >= 15 is 0 Å². The van der Waals surface area contributed by atoms with Crippen molar-refractivity contribution in [3.8, 4) is 0 Å². The number of rotatable bonds is 4. The molecule has 8 heteroatoms. The zero-order valence-electron chi connectivity index (χ0n) is 14.3. The molecule has 2 heterocycles. The molecule has 7 nitrogen and oxygen atoms in total. The monoisotopic (exact) mass is 383 g/mol. The van der Waals surface area contributed by atoms with Gasteiger partial charge in [0.1, 0.15) is 0 Å². The van der Waals surface area contributed by atoms with Gasteiger partial charge in [0.15, 0.2) is 4.90 Å². The van der Waals surface area contributed by atoms with Crippen molar-refractivity contribution in [2.75, 3.05) is 6.54 Å². The summed E-state index contributed by atoms with van der Waals surface area (Å²) < 4.78 is 30.3. The molecular weight excluding hydrogens is 366 g/mol. The number of nitro groups is 1. The molecule has 0 aliphatic carbocycles. The normalized spacial score (nSPS) is 17.4. The molecule has 138 valence electrons. The van der Waals surface area contributed by atoms with Gasteiger partial charge in [0.05, 0.1) is 11.0 Å². The number of hydrogen-bond donors (Lipinski definition) is 0. The van der Waals surface area contributed by atoms with E-state index in [2.05, 4.69) is 0 Å². The van der Waals surface area contributed by atoms with E-state index in [1.165, 1.54) is 28.6 Å². The van der Waals surface area contributed by atoms with Gasteiger partial charge in [-0.15, -0.1) is 0 Å². The maximum atomic E-state index is 13.4. The summed E-state index contributed by atoms with van der Waals surface area (Å²) in [6.45, 7) is 0.723. The summed E-state index contributed by atoms with van der Waals surface area (Å²) in [7, 11) is -4.08. The van der Waals surface area contributed by atoms with Crippen LogP contribution >= 0.6 is 0 Å².